The van der Waals surface area contributed by atoms with Gasteiger partial charge in [0, 0.05) is 11.4 Å². The number of rotatable bonds is 10. The Hall–Kier alpha value is -4.30. The first kappa shape index (κ1) is 27.3. The van der Waals surface area contributed by atoms with Gasteiger partial charge in [-0.2, -0.15) is 0 Å². The average molecular weight is 525 g/mol. The van der Waals surface area contributed by atoms with Gasteiger partial charge in [0.15, 0.2) is 0 Å². The Morgan fingerprint density at radius 2 is 0.650 bits per heavy atom. The molecule has 0 spiro atoms. The maximum absolute atomic E-state index is 5.85. The summed E-state index contributed by atoms with van der Waals surface area (Å²) < 4.78 is 0. The van der Waals surface area contributed by atoms with Gasteiger partial charge in [-0.15, -0.1) is 0 Å². The molecular weight excluding hydrogens is 484 g/mol. The van der Waals surface area contributed by atoms with Gasteiger partial charge in [0.1, 0.15) is 0 Å². The molecule has 40 heavy (non-hydrogen) atoms. The van der Waals surface area contributed by atoms with Crippen LogP contribution in [0.25, 0.3) is 0 Å². The summed E-state index contributed by atoms with van der Waals surface area (Å²) in [6.45, 7) is 4.50. The summed E-state index contributed by atoms with van der Waals surface area (Å²) in [4.78, 5) is 0. The largest absolute Gasteiger partial charge is 0.399 e. The van der Waals surface area contributed by atoms with Crippen molar-refractivity contribution in [1.82, 2.24) is 0 Å². The summed E-state index contributed by atoms with van der Waals surface area (Å²) >= 11 is 0. The van der Waals surface area contributed by atoms with Crippen LogP contribution in [0.1, 0.15) is 69.5 Å². The van der Waals surface area contributed by atoms with Gasteiger partial charge in [0.25, 0.3) is 0 Å². The van der Waals surface area contributed by atoms with Gasteiger partial charge in [0.05, 0.1) is 0 Å². The van der Waals surface area contributed by atoms with Crippen LogP contribution in [-0.4, -0.2) is 0 Å². The molecule has 0 fully saturated rings. The lowest BCUT2D eigenvalue weighted by Gasteiger charge is -2.13. The number of hydrogen-bond acceptors (Lipinski definition) is 2. The number of hydrogen-bond donors (Lipinski definition) is 2. The maximum Gasteiger partial charge on any atom is 0.0314 e. The summed E-state index contributed by atoms with van der Waals surface area (Å²) in [5.74, 6) is 0. The second-order valence-corrected chi connectivity index (χ2v) is 10.9. The van der Waals surface area contributed by atoms with Crippen molar-refractivity contribution in [2.45, 2.75) is 52.4 Å². The minimum Gasteiger partial charge on any atom is -0.399 e. The van der Waals surface area contributed by atoms with Gasteiger partial charge in [-0.25, -0.2) is 0 Å². The van der Waals surface area contributed by atoms with Crippen molar-refractivity contribution in [3.05, 3.63) is 165 Å². The Labute approximate surface area is 239 Å². The molecule has 0 heterocycles. The smallest absolute Gasteiger partial charge is 0.0314 e. The highest BCUT2D eigenvalue weighted by Crippen LogP contribution is 2.23. The van der Waals surface area contributed by atoms with Crippen LogP contribution >= 0.6 is 0 Å². The number of aryl methyl sites for hydroxylation is 2. The fourth-order valence-corrected chi connectivity index (χ4v) is 5.54. The van der Waals surface area contributed by atoms with Gasteiger partial charge in [0.2, 0.25) is 0 Å². The monoisotopic (exact) mass is 524 g/mol. The van der Waals surface area contributed by atoms with Gasteiger partial charge >= 0.3 is 0 Å². The number of nitrogens with two attached hydrogens (primary N) is 2. The first-order valence-corrected chi connectivity index (χ1v) is 14.5. The third kappa shape index (κ3) is 7.01. The molecule has 0 saturated carbocycles. The molecule has 0 amide bonds. The zero-order valence-electron chi connectivity index (χ0n) is 23.8. The molecule has 5 rings (SSSR count). The standard InChI is InChI=1S/C38H40N2/c1-3-33-25-31(21-27-11-17-37(39)18-12-27)9-15-35(33)23-29-5-7-30(8-6-29)24-36-16-10-32(26-34(36)4-2)22-28-13-19-38(40)20-14-28/h5-20,25-26H,3-4,21-24,39-40H2,1-2H3. The molecular formula is C38H40N2. The van der Waals surface area contributed by atoms with Crippen LogP contribution in [0.5, 0.6) is 0 Å². The summed E-state index contributed by atoms with van der Waals surface area (Å²) in [7, 11) is 0. The van der Waals surface area contributed by atoms with Crippen LogP contribution in [0.15, 0.2) is 109 Å². The van der Waals surface area contributed by atoms with E-state index in [1.54, 1.807) is 0 Å². The zero-order valence-corrected chi connectivity index (χ0v) is 23.8. The van der Waals surface area contributed by atoms with Crippen molar-refractivity contribution in [3.63, 3.8) is 0 Å². The Morgan fingerprint density at radius 1 is 0.350 bits per heavy atom. The topological polar surface area (TPSA) is 52.0 Å². The van der Waals surface area contributed by atoms with E-state index >= 15 is 0 Å². The van der Waals surface area contributed by atoms with Crippen LogP contribution in [0.3, 0.4) is 0 Å². The average Bonchev–Trinajstić information content (AvgIpc) is 2.98. The van der Waals surface area contributed by atoms with E-state index < -0.39 is 0 Å². The Bertz CT molecular complexity index is 1430. The summed E-state index contributed by atoms with van der Waals surface area (Å²) in [5, 5.41) is 0. The molecule has 0 saturated heterocycles. The third-order valence-corrected chi connectivity index (χ3v) is 7.89. The van der Waals surface area contributed by atoms with Gasteiger partial charge < -0.3 is 11.5 Å². The lowest BCUT2D eigenvalue weighted by Crippen LogP contribution is -1.99. The van der Waals surface area contributed by atoms with E-state index in [4.69, 9.17) is 11.5 Å². The highest BCUT2D eigenvalue weighted by atomic mass is 14.5. The lowest BCUT2D eigenvalue weighted by molar-refractivity contribution is 1.03. The van der Waals surface area contributed by atoms with Crippen LogP contribution in [0.2, 0.25) is 0 Å². The molecule has 4 N–H and O–H groups in total. The van der Waals surface area contributed by atoms with Gasteiger partial charge in [-0.05, 0) is 118 Å². The van der Waals surface area contributed by atoms with Crippen molar-refractivity contribution < 1.29 is 0 Å². The molecule has 0 bridgehead atoms. The number of benzene rings is 5. The maximum atomic E-state index is 5.85. The molecule has 0 aliphatic carbocycles. The van der Waals surface area contributed by atoms with Crippen LogP contribution in [0, 0.1) is 0 Å². The van der Waals surface area contributed by atoms with Crippen molar-refractivity contribution in [2.75, 3.05) is 11.5 Å². The van der Waals surface area contributed by atoms with Crippen molar-refractivity contribution >= 4 is 11.4 Å². The first-order valence-electron chi connectivity index (χ1n) is 14.5. The fourth-order valence-electron chi connectivity index (χ4n) is 5.54. The van der Waals surface area contributed by atoms with Crippen LogP contribution < -0.4 is 11.5 Å². The molecule has 2 nitrogen and oxygen atoms in total. The van der Waals surface area contributed by atoms with E-state index in [1.165, 1.54) is 55.6 Å². The quantitative estimate of drug-likeness (QED) is 0.180. The molecule has 202 valence electrons. The summed E-state index contributed by atoms with van der Waals surface area (Å²) in [6.07, 6.45) is 5.88. The third-order valence-electron chi connectivity index (χ3n) is 7.89. The zero-order chi connectivity index (χ0) is 27.9. The molecule has 0 aliphatic rings. The second kappa shape index (κ2) is 12.7. The molecule has 0 unspecified atom stereocenters. The van der Waals surface area contributed by atoms with Crippen LogP contribution in [-0.2, 0) is 38.5 Å². The Kier molecular flexibility index (Phi) is 8.66. The minimum atomic E-state index is 0.813. The van der Waals surface area contributed by atoms with E-state index in [-0.39, 0.29) is 0 Å². The predicted octanol–water partition coefficient (Wildman–Crippen LogP) is 8.34. The Balaban J connectivity index is 1.24. The van der Waals surface area contributed by atoms with Crippen molar-refractivity contribution in [3.8, 4) is 0 Å². The van der Waals surface area contributed by atoms with Crippen LogP contribution in [0.4, 0.5) is 11.4 Å². The first-order chi connectivity index (χ1) is 19.5. The van der Waals surface area contributed by atoms with E-state index in [1.807, 2.05) is 24.3 Å². The summed E-state index contributed by atoms with van der Waals surface area (Å²) in [6, 6.07) is 39.6. The van der Waals surface area contributed by atoms with E-state index in [0.717, 1.165) is 49.9 Å². The Morgan fingerprint density at radius 3 is 1.00 bits per heavy atom. The van der Waals surface area contributed by atoms with E-state index in [2.05, 4.69) is 98.8 Å². The number of nitrogen functional groups attached to an aromatic ring is 2. The molecule has 5 aromatic carbocycles. The second-order valence-electron chi connectivity index (χ2n) is 10.9. The SMILES string of the molecule is CCc1cc(Cc2ccc(N)cc2)ccc1Cc1ccc(Cc2ccc(Cc3ccc(N)cc3)cc2CC)cc1. The number of anilines is 2. The molecule has 0 atom stereocenters. The molecule has 0 aromatic heterocycles. The van der Waals surface area contributed by atoms with Crippen molar-refractivity contribution in [1.29, 1.82) is 0 Å². The molecule has 2 heteroatoms. The molecule has 0 radical (unpaired) electrons. The van der Waals surface area contributed by atoms with Gasteiger partial charge in [-0.3, -0.25) is 0 Å². The summed E-state index contributed by atoms with van der Waals surface area (Å²) in [5.41, 5.74) is 27.0. The highest BCUT2D eigenvalue weighted by Gasteiger charge is 2.08. The normalized spacial score (nSPS) is 11.1. The molecule has 5 aromatic rings. The van der Waals surface area contributed by atoms with E-state index in [0.29, 0.717) is 0 Å². The predicted molar refractivity (Wildman–Crippen MR) is 171 cm³/mol. The molecule has 0 aliphatic heterocycles. The minimum absolute atomic E-state index is 0.813. The lowest BCUT2D eigenvalue weighted by atomic mass is 9.92. The van der Waals surface area contributed by atoms with Crippen molar-refractivity contribution in [2.24, 2.45) is 0 Å². The van der Waals surface area contributed by atoms with Gasteiger partial charge in [-0.1, -0.05) is 98.8 Å². The fraction of sp³-hybridized carbons (Fsp3) is 0.211. The highest BCUT2D eigenvalue weighted by molar-refractivity contribution is 5.44. The van der Waals surface area contributed by atoms with E-state index in [9.17, 15) is 0 Å².